The molecule has 2 heterocycles. The van der Waals surface area contributed by atoms with E-state index in [1.807, 2.05) is 6.07 Å². The summed E-state index contributed by atoms with van der Waals surface area (Å²) in [4.78, 5) is 9.17. The summed E-state index contributed by atoms with van der Waals surface area (Å²) >= 11 is 0. The van der Waals surface area contributed by atoms with Crippen LogP contribution >= 0.6 is 0 Å². The zero-order chi connectivity index (χ0) is 19.0. The maximum absolute atomic E-state index is 4.76. The average molecular weight is 356 g/mol. The van der Waals surface area contributed by atoms with E-state index in [1.54, 1.807) is 6.20 Å². The number of nitrogens with zero attached hydrogens (tertiary/aromatic N) is 3. The van der Waals surface area contributed by atoms with E-state index in [0.717, 1.165) is 17.9 Å². The summed E-state index contributed by atoms with van der Waals surface area (Å²) in [5.74, 6) is 1.47. The van der Waals surface area contributed by atoms with Crippen molar-refractivity contribution in [3.63, 3.8) is 0 Å². The average Bonchev–Trinajstić information content (AvgIpc) is 3.05. The number of aryl methyl sites for hydroxylation is 3. The van der Waals surface area contributed by atoms with Crippen LogP contribution in [-0.4, -0.2) is 14.5 Å². The Morgan fingerprint density at radius 3 is 2.48 bits per heavy atom. The van der Waals surface area contributed by atoms with Gasteiger partial charge in [-0.15, -0.1) is 0 Å². The van der Waals surface area contributed by atoms with Gasteiger partial charge in [0, 0.05) is 23.5 Å². The van der Waals surface area contributed by atoms with E-state index in [-0.39, 0.29) is 0 Å². The van der Waals surface area contributed by atoms with Crippen molar-refractivity contribution in [2.24, 2.45) is 0 Å². The number of fused-ring (bicyclic) bond motifs is 1. The molecule has 4 nitrogen and oxygen atoms in total. The Kier molecular flexibility index (Phi) is 4.40. The van der Waals surface area contributed by atoms with Gasteiger partial charge in [0.1, 0.15) is 5.82 Å². The molecule has 2 aromatic heterocycles. The first-order valence-electron chi connectivity index (χ1n) is 9.34. The number of anilines is 2. The van der Waals surface area contributed by atoms with E-state index in [2.05, 4.69) is 85.2 Å². The van der Waals surface area contributed by atoms with Crippen molar-refractivity contribution in [3.05, 3.63) is 77.1 Å². The van der Waals surface area contributed by atoms with Gasteiger partial charge in [0.15, 0.2) is 0 Å². The van der Waals surface area contributed by atoms with Crippen LogP contribution in [-0.2, 0) is 6.42 Å². The van der Waals surface area contributed by atoms with Crippen molar-refractivity contribution in [1.82, 2.24) is 14.5 Å². The molecule has 0 aliphatic heterocycles. The van der Waals surface area contributed by atoms with E-state index in [9.17, 15) is 0 Å². The van der Waals surface area contributed by atoms with E-state index < -0.39 is 0 Å². The fourth-order valence-electron chi connectivity index (χ4n) is 3.50. The normalized spacial score (nSPS) is 11.1. The summed E-state index contributed by atoms with van der Waals surface area (Å²) in [6, 6.07) is 14.7. The topological polar surface area (TPSA) is 42.7 Å². The number of hydrogen-bond donors (Lipinski definition) is 1. The molecule has 0 aliphatic carbocycles. The Morgan fingerprint density at radius 2 is 1.74 bits per heavy atom. The van der Waals surface area contributed by atoms with Crippen molar-refractivity contribution >= 4 is 22.5 Å². The molecule has 0 amide bonds. The molecule has 4 heteroatoms. The van der Waals surface area contributed by atoms with Crippen molar-refractivity contribution < 1.29 is 0 Å². The Balaban J connectivity index is 1.74. The predicted octanol–water partition coefficient (Wildman–Crippen LogP) is 5.65. The molecule has 0 saturated carbocycles. The fraction of sp³-hybridized carbons (Fsp3) is 0.217. The van der Waals surface area contributed by atoms with Crippen LogP contribution in [0.15, 0.2) is 54.9 Å². The van der Waals surface area contributed by atoms with Gasteiger partial charge in [-0.25, -0.2) is 4.98 Å². The van der Waals surface area contributed by atoms with Crippen LogP contribution in [0.25, 0.3) is 16.7 Å². The molecular weight excluding hydrogens is 332 g/mol. The molecule has 0 bridgehead atoms. The minimum Gasteiger partial charge on any atom is -0.324 e. The summed E-state index contributed by atoms with van der Waals surface area (Å²) < 4.78 is 2.15. The zero-order valence-corrected chi connectivity index (χ0v) is 16.2. The quantitative estimate of drug-likeness (QED) is 0.514. The number of hydrogen-bond acceptors (Lipinski definition) is 3. The third-order valence-electron chi connectivity index (χ3n) is 5.25. The number of para-hydroxylation sites is 1. The minimum atomic E-state index is 0.603. The van der Waals surface area contributed by atoms with Gasteiger partial charge in [-0.1, -0.05) is 25.1 Å². The van der Waals surface area contributed by atoms with Gasteiger partial charge in [-0.05, 0) is 73.7 Å². The number of nitrogens with one attached hydrogen (secondary N) is 1. The summed E-state index contributed by atoms with van der Waals surface area (Å²) in [7, 11) is 0. The highest BCUT2D eigenvalue weighted by Gasteiger charge is 2.10. The molecule has 0 radical (unpaired) electrons. The lowest BCUT2D eigenvalue weighted by atomic mass is 10.0. The molecule has 136 valence electrons. The first-order valence-corrected chi connectivity index (χ1v) is 9.34. The van der Waals surface area contributed by atoms with Gasteiger partial charge in [0.2, 0.25) is 5.95 Å². The van der Waals surface area contributed by atoms with Gasteiger partial charge in [-0.3, -0.25) is 0 Å². The molecule has 0 spiro atoms. The summed E-state index contributed by atoms with van der Waals surface area (Å²) in [6.45, 7) is 8.58. The van der Waals surface area contributed by atoms with Crippen molar-refractivity contribution in [3.8, 4) is 5.82 Å². The summed E-state index contributed by atoms with van der Waals surface area (Å²) in [5.41, 5.74) is 7.35. The second kappa shape index (κ2) is 6.88. The van der Waals surface area contributed by atoms with Crippen LogP contribution in [0.1, 0.15) is 29.2 Å². The number of aromatic nitrogens is 3. The van der Waals surface area contributed by atoms with Crippen LogP contribution in [0.4, 0.5) is 11.6 Å². The summed E-state index contributed by atoms with van der Waals surface area (Å²) in [6.07, 6.45) is 4.97. The van der Waals surface area contributed by atoms with Crippen LogP contribution in [0.3, 0.4) is 0 Å². The molecule has 4 rings (SSSR count). The second-order valence-corrected chi connectivity index (χ2v) is 6.99. The lowest BCUT2D eigenvalue weighted by molar-refractivity contribution is 1.00. The first kappa shape index (κ1) is 17.3. The van der Waals surface area contributed by atoms with Crippen molar-refractivity contribution in [1.29, 1.82) is 0 Å². The van der Waals surface area contributed by atoms with Crippen LogP contribution in [0, 0.1) is 20.8 Å². The van der Waals surface area contributed by atoms with E-state index >= 15 is 0 Å². The molecule has 2 aromatic carbocycles. The Hall–Kier alpha value is -3.14. The molecule has 0 aliphatic rings. The lowest BCUT2D eigenvalue weighted by Gasteiger charge is -2.11. The fourth-order valence-corrected chi connectivity index (χ4v) is 3.50. The smallest absolute Gasteiger partial charge is 0.229 e. The van der Waals surface area contributed by atoms with E-state index in [4.69, 9.17) is 4.98 Å². The highest BCUT2D eigenvalue weighted by atomic mass is 15.2. The number of benzene rings is 2. The van der Waals surface area contributed by atoms with E-state index in [0.29, 0.717) is 5.95 Å². The third-order valence-corrected chi connectivity index (χ3v) is 5.25. The maximum atomic E-state index is 4.76. The van der Waals surface area contributed by atoms with Gasteiger partial charge < -0.3 is 9.88 Å². The van der Waals surface area contributed by atoms with Crippen LogP contribution in [0.2, 0.25) is 0 Å². The van der Waals surface area contributed by atoms with E-state index in [1.165, 1.54) is 33.2 Å². The van der Waals surface area contributed by atoms with Gasteiger partial charge in [0.25, 0.3) is 0 Å². The molecule has 0 fully saturated rings. The highest BCUT2D eigenvalue weighted by Crippen LogP contribution is 2.26. The lowest BCUT2D eigenvalue weighted by Crippen LogP contribution is -2.02. The molecular formula is C23H24N4. The monoisotopic (exact) mass is 356 g/mol. The molecule has 0 atom stereocenters. The van der Waals surface area contributed by atoms with Crippen molar-refractivity contribution in [2.75, 3.05) is 5.32 Å². The SMILES string of the molecule is CCc1cn(-c2ccnc(Nc3cc(C)c(C)c(C)c3)n2)c2ccccc12. The highest BCUT2D eigenvalue weighted by molar-refractivity contribution is 5.85. The third kappa shape index (κ3) is 3.19. The second-order valence-electron chi connectivity index (χ2n) is 6.99. The Bertz CT molecular complexity index is 1100. The van der Waals surface area contributed by atoms with Gasteiger partial charge >= 0.3 is 0 Å². The molecule has 1 N–H and O–H groups in total. The molecule has 27 heavy (non-hydrogen) atoms. The minimum absolute atomic E-state index is 0.603. The Morgan fingerprint density at radius 1 is 1.00 bits per heavy atom. The predicted molar refractivity (Wildman–Crippen MR) is 112 cm³/mol. The Labute approximate surface area is 159 Å². The van der Waals surface area contributed by atoms with Crippen molar-refractivity contribution in [2.45, 2.75) is 34.1 Å². The number of rotatable bonds is 4. The van der Waals surface area contributed by atoms with Gasteiger partial charge in [-0.2, -0.15) is 4.98 Å². The first-order chi connectivity index (χ1) is 13.1. The van der Waals surface area contributed by atoms with Crippen LogP contribution < -0.4 is 5.32 Å². The van der Waals surface area contributed by atoms with Crippen LogP contribution in [0.5, 0.6) is 0 Å². The largest absolute Gasteiger partial charge is 0.324 e. The zero-order valence-electron chi connectivity index (χ0n) is 16.2. The standard InChI is InChI=1S/C23H24N4/c1-5-18-14-27(21-9-7-6-8-20(18)21)22-10-11-24-23(26-22)25-19-12-15(2)17(4)16(3)13-19/h6-14H,5H2,1-4H3,(H,24,25,26). The van der Waals surface area contributed by atoms with Gasteiger partial charge in [0.05, 0.1) is 5.52 Å². The molecule has 0 unspecified atom stereocenters. The molecule has 4 aromatic rings. The summed E-state index contributed by atoms with van der Waals surface area (Å²) in [5, 5.41) is 4.63. The molecule has 0 saturated heterocycles. The maximum Gasteiger partial charge on any atom is 0.229 e.